The van der Waals surface area contributed by atoms with E-state index in [0.717, 1.165) is 32.2 Å². The van der Waals surface area contributed by atoms with Gasteiger partial charge in [-0.2, -0.15) is 0 Å². The topological polar surface area (TPSA) is 80.5 Å². The molecule has 1 amide bonds. The van der Waals surface area contributed by atoms with Gasteiger partial charge in [-0.15, -0.1) is 0 Å². The zero-order valence-electron chi connectivity index (χ0n) is 11.3. The van der Waals surface area contributed by atoms with E-state index in [2.05, 4.69) is 0 Å². The second kappa shape index (κ2) is 6.52. The van der Waals surface area contributed by atoms with E-state index in [1.165, 1.54) is 0 Å². The SMILES string of the molecule is CCC(CC)C(=O)N1CCCC(CS(N)(=O)=O)C1. The number of carbonyl (C=O) groups is 1. The van der Waals surface area contributed by atoms with Crippen molar-refractivity contribution in [3.05, 3.63) is 0 Å². The van der Waals surface area contributed by atoms with E-state index in [9.17, 15) is 13.2 Å². The van der Waals surface area contributed by atoms with E-state index >= 15 is 0 Å². The molecule has 2 N–H and O–H groups in total. The molecular weight excluding hydrogens is 252 g/mol. The molecule has 1 saturated heterocycles. The van der Waals surface area contributed by atoms with Crippen LogP contribution >= 0.6 is 0 Å². The summed E-state index contributed by atoms with van der Waals surface area (Å²) in [6.07, 6.45) is 3.38. The van der Waals surface area contributed by atoms with Gasteiger partial charge in [-0.3, -0.25) is 4.79 Å². The summed E-state index contributed by atoms with van der Waals surface area (Å²) >= 11 is 0. The molecule has 0 radical (unpaired) electrons. The number of sulfonamides is 1. The van der Waals surface area contributed by atoms with Crippen LogP contribution in [0.1, 0.15) is 39.5 Å². The maximum absolute atomic E-state index is 12.2. The van der Waals surface area contributed by atoms with Crippen molar-refractivity contribution in [2.24, 2.45) is 17.0 Å². The third-order valence-corrected chi connectivity index (χ3v) is 4.57. The number of primary sulfonamides is 1. The molecule has 0 aromatic carbocycles. The maximum Gasteiger partial charge on any atom is 0.225 e. The van der Waals surface area contributed by atoms with Crippen LogP contribution in [0.3, 0.4) is 0 Å². The molecule has 5 nitrogen and oxygen atoms in total. The van der Waals surface area contributed by atoms with Gasteiger partial charge in [0.25, 0.3) is 0 Å². The summed E-state index contributed by atoms with van der Waals surface area (Å²) in [6, 6.07) is 0. The van der Waals surface area contributed by atoms with Crippen molar-refractivity contribution in [3.8, 4) is 0 Å². The van der Waals surface area contributed by atoms with Gasteiger partial charge in [0.1, 0.15) is 0 Å². The smallest absolute Gasteiger partial charge is 0.225 e. The number of nitrogens with two attached hydrogens (primary N) is 1. The van der Waals surface area contributed by atoms with Crippen LogP contribution in [-0.4, -0.2) is 38.1 Å². The van der Waals surface area contributed by atoms with Crippen molar-refractivity contribution in [1.82, 2.24) is 4.90 Å². The second-order valence-electron chi connectivity index (χ2n) is 5.14. The lowest BCUT2D eigenvalue weighted by molar-refractivity contribution is -0.137. The first-order valence-electron chi connectivity index (χ1n) is 6.66. The third-order valence-electron chi connectivity index (χ3n) is 3.63. The molecule has 1 aliphatic rings. The molecule has 0 spiro atoms. The van der Waals surface area contributed by atoms with E-state index in [4.69, 9.17) is 5.14 Å². The Bertz CT molecular complexity index is 377. The molecule has 0 bridgehead atoms. The van der Waals surface area contributed by atoms with Gasteiger partial charge in [-0.25, -0.2) is 13.6 Å². The number of amides is 1. The Morgan fingerprint density at radius 1 is 1.39 bits per heavy atom. The molecule has 0 saturated carbocycles. The molecule has 6 heteroatoms. The molecule has 18 heavy (non-hydrogen) atoms. The monoisotopic (exact) mass is 276 g/mol. The predicted octanol–water partition coefficient (Wildman–Crippen LogP) is 0.950. The lowest BCUT2D eigenvalue weighted by atomic mass is 9.96. The summed E-state index contributed by atoms with van der Waals surface area (Å²) in [6.45, 7) is 5.30. The molecule has 1 fully saturated rings. The van der Waals surface area contributed by atoms with Gasteiger partial charge in [-0.05, 0) is 31.6 Å². The van der Waals surface area contributed by atoms with E-state index in [0.29, 0.717) is 6.54 Å². The zero-order chi connectivity index (χ0) is 13.8. The lowest BCUT2D eigenvalue weighted by Crippen LogP contribution is -2.44. The van der Waals surface area contributed by atoms with Crippen LogP contribution in [0.5, 0.6) is 0 Å². The highest BCUT2D eigenvalue weighted by Crippen LogP contribution is 2.21. The standard InChI is InChI=1S/C12H24N2O3S/c1-3-11(4-2)12(15)14-7-5-6-10(8-14)9-18(13,16)17/h10-11H,3-9H2,1-2H3,(H2,13,16,17). The predicted molar refractivity (Wildman–Crippen MR) is 71.4 cm³/mol. The van der Waals surface area contributed by atoms with Crippen molar-refractivity contribution in [2.45, 2.75) is 39.5 Å². The molecular formula is C12H24N2O3S. The zero-order valence-corrected chi connectivity index (χ0v) is 12.1. The van der Waals surface area contributed by atoms with Crippen molar-refractivity contribution >= 4 is 15.9 Å². The van der Waals surface area contributed by atoms with Crippen LogP contribution in [0.4, 0.5) is 0 Å². The molecule has 106 valence electrons. The van der Waals surface area contributed by atoms with E-state index in [1.54, 1.807) is 0 Å². The van der Waals surface area contributed by atoms with Crippen LogP contribution in [0.15, 0.2) is 0 Å². The fraction of sp³-hybridized carbons (Fsp3) is 0.917. The molecule has 0 aromatic heterocycles. The van der Waals surface area contributed by atoms with Crippen LogP contribution in [0, 0.1) is 11.8 Å². The van der Waals surface area contributed by atoms with Gasteiger partial charge < -0.3 is 4.90 Å². The number of hydrogen-bond acceptors (Lipinski definition) is 3. The summed E-state index contributed by atoms with van der Waals surface area (Å²) in [4.78, 5) is 14.0. The van der Waals surface area contributed by atoms with Crippen LogP contribution in [0.2, 0.25) is 0 Å². The normalized spacial score (nSPS) is 21.3. The number of piperidine rings is 1. The largest absolute Gasteiger partial charge is 0.342 e. The fourth-order valence-corrected chi connectivity index (χ4v) is 3.56. The number of likely N-dealkylation sites (tertiary alicyclic amines) is 1. The minimum Gasteiger partial charge on any atom is -0.342 e. The minimum absolute atomic E-state index is 0.00735. The molecule has 1 rings (SSSR count). The van der Waals surface area contributed by atoms with Gasteiger partial charge in [0.2, 0.25) is 15.9 Å². The molecule has 1 aliphatic heterocycles. The van der Waals surface area contributed by atoms with Gasteiger partial charge in [0, 0.05) is 19.0 Å². The third kappa shape index (κ3) is 4.57. The van der Waals surface area contributed by atoms with Gasteiger partial charge in [0.15, 0.2) is 0 Å². The Hall–Kier alpha value is -0.620. The highest BCUT2D eigenvalue weighted by molar-refractivity contribution is 7.89. The summed E-state index contributed by atoms with van der Waals surface area (Å²) in [5.74, 6) is 0.212. The highest BCUT2D eigenvalue weighted by atomic mass is 32.2. The first-order valence-corrected chi connectivity index (χ1v) is 8.38. The van der Waals surface area contributed by atoms with Crippen LogP contribution in [-0.2, 0) is 14.8 Å². The average Bonchev–Trinajstić information content (AvgIpc) is 2.28. The Morgan fingerprint density at radius 2 is 2.00 bits per heavy atom. The number of nitrogens with zero attached hydrogens (tertiary/aromatic N) is 1. The minimum atomic E-state index is -3.44. The van der Waals surface area contributed by atoms with Crippen LogP contribution < -0.4 is 5.14 Å². The Morgan fingerprint density at radius 3 is 2.50 bits per heavy atom. The number of rotatable bonds is 5. The van der Waals surface area contributed by atoms with Crippen molar-refractivity contribution < 1.29 is 13.2 Å². The average molecular weight is 276 g/mol. The Balaban J connectivity index is 2.61. The fourth-order valence-electron chi connectivity index (χ4n) is 2.63. The molecule has 1 heterocycles. The number of carbonyl (C=O) groups excluding carboxylic acids is 1. The Labute approximate surface area is 110 Å². The summed E-state index contributed by atoms with van der Waals surface area (Å²) < 4.78 is 22.2. The van der Waals surface area contributed by atoms with E-state index < -0.39 is 10.0 Å². The quantitative estimate of drug-likeness (QED) is 0.811. The highest BCUT2D eigenvalue weighted by Gasteiger charge is 2.28. The van der Waals surface area contributed by atoms with Crippen molar-refractivity contribution in [3.63, 3.8) is 0 Å². The number of hydrogen-bond donors (Lipinski definition) is 1. The van der Waals surface area contributed by atoms with Crippen molar-refractivity contribution in [2.75, 3.05) is 18.8 Å². The van der Waals surface area contributed by atoms with Crippen LogP contribution in [0.25, 0.3) is 0 Å². The van der Waals surface area contributed by atoms with Gasteiger partial charge in [-0.1, -0.05) is 13.8 Å². The van der Waals surface area contributed by atoms with Gasteiger partial charge >= 0.3 is 0 Å². The Kier molecular flexibility index (Phi) is 5.59. The first-order chi connectivity index (χ1) is 8.37. The summed E-state index contributed by atoms with van der Waals surface area (Å²) in [5.41, 5.74) is 0. The van der Waals surface area contributed by atoms with E-state index in [-0.39, 0.29) is 23.5 Å². The summed E-state index contributed by atoms with van der Waals surface area (Å²) in [7, 11) is -3.44. The molecule has 0 aromatic rings. The lowest BCUT2D eigenvalue weighted by Gasteiger charge is -2.34. The molecule has 1 atom stereocenters. The van der Waals surface area contributed by atoms with Gasteiger partial charge in [0.05, 0.1) is 5.75 Å². The molecule has 1 unspecified atom stereocenters. The molecule has 0 aliphatic carbocycles. The van der Waals surface area contributed by atoms with E-state index in [1.807, 2.05) is 18.7 Å². The first kappa shape index (κ1) is 15.4. The summed E-state index contributed by atoms with van der Waals surface area (Å²) in [5, 5.41) is 5.07. The maximum atomic E-state index is 12.2. The second-order valence-corrected chi connectivity index (χ2v) is 6.79. The van der Waals surface area contributed by atoms with Crippen molar-refractivity contribution in [1.29, 1.82) is 0 Å².